The van der Waals surface area contributed by atoms with Crippen LogP contribution >= 0.6 is 0 Å². The number of benzene rings is 1. The topological polar surface area (TPSA) is 138 Å². The quantitative estimate of drug-likeness (QED) is 0.305. The third-order valence-electron chi connectivity index (χ3n) is 8.33. The van der Waals surface area contributed by atoms with E-state index in [4.69, 9.17) is 15.5 Å². The highest BCUT2D eigenvalue weighted by Crippen LogP contribution is 2.37. The van der Waals surface area contributed by atoms with Gasteiger partial charge in [-0.05, 0) is 55.0 Å². The average molecular weight is 520 g/mol. The van der Waals surface area contributed by atoms with Crippen molar-refractivity contribution in [3.05, 3.63) is 48.2 Å². The lowest BCUT2D eigenvalue weighted by Gasteiger charge is -2.42. The molecule has 1 saturated carbocycles. The summed E-state index contributed by atoms with van der Waals surface area (Å²) in [7, 11) is 2.06. The zero-order valence-corrected chi connectivity index (χ0v) is 22.4. The summed E-state index contributed by atoms with van der Waals surface area (Å²) < 4.78 is 7.88. The van der Waals surface area contributed by atoms with E-state index in [1.165, 1.54) is 11.9 Å². The first-order valence-corrected chi connectivity index (χ1v) is 13.4. The van der Waals surface area contributed by atoms with Crippen LogP contribution in [-0.2, 0) is 16.6 Å². The van der Waals surface area contributed by atoms with E-state index >= 15 is 0 Å². The van der Waals surface area contributed by atoms with Crippen molar-refractivity contribution in [2.24, 2.45) is 5.92 Å². The maximum Gasteiger partial charge on any atom is 0.164 e. The van der Waals surface area contributed by atoms with Gasteiger partial charge in [0, 0.05) is 25.2 Å². The second-order valence-electron chi connectivity index (χ2n) is 12.1. The van der Waals surface area contributed by atoms with E-state index in [9.17, 15) is 10.2 Å². The van der Waals surface area contributed by atoms with Gasteiger partial charge in [-0.15, -0.1) is 0 Å². The zero-order valence-electron chi connectivity index (χ0n) is 22.4. The second-order valence-corrected chi connectivity index (χ2v) is 12.1. The minimum absolute atomic E-state index is 0.101. The highest BCUT2D eigenvalue weighted by molar-refractivity contribution is 5.86. The molecule has 1 aliphatic carbocycles. The number of fused-ring (bicyclic) bond motifs is 2. The van der Waals surface area contributed by atoms with Crippen LogP contribution in [0.4, 0.5) is 5.82 Å². The van der Waals surface area contributed by atoms with Crippen molar-refractivity contribution in [3.63, 3.8) is 0 Å². The summed E-state index contributed by atoms with van der Waals surface area (Å²) in [6.07, 6.45) is 2.89. The molecular formula is C28H37N7O3. The highest BCUT2D eigenvalue weighted by atomic mass is 16.6. The number of imidazole rings is 1. The van der Waals surface area contributed by atoms with E-state index in [-0.39, 0.29) is 5.41 Å². The lowest BCUT2D eigenvalue weighted by Crippen LogP contribution is -2.48. The van der Waals surface area contributed by atoms with Gasteiger partial charge in [0.05, 0.1) is 16.4 Å². The number of aliphatic hydroxyl groups is 2. The normalized spacial score (nSPS) is 28.0. The third kappa shape index (κ3) is 4.45. The number of nitrogens with one attached hydrogen (secondary N) is 1. The molecule has 1 unspecified atom stereocenters. The maximum atomic E-state index is 10.8. The molecule has 2 aliphatic rings. The predicted molar refractivity (Wildman–Crippen MR) is 146 cm³/mol. The first-order valence-electron chi connectivity index (χ1n) is 13.4. The number of nitrogen functional groups attached to an aromatic ring is 1. The number of H-pyrrole nitrogens is 1. The molecule has 0 amide bonds. The van der Waals surface area contributed by atoms with Crippen LogP contribution in [0.1, 0.15) is 51.2 Å². The van der Waals surface area contributed by atoms with Gasteiger partial charge in [-0.2, -0.15) is 0 Å². The number of nitrogens with two attached hydrogens (primary N) is 1. The van der Waals surface area contributed by atoms with Crippen LogP contribution < -0.4 is 5.73 Å². The largest absolute Gasteiger partial charge is 0.387 e. The minimum Gasteiger partial charge on any atom is -0.387 e. The van der Waals surface area contributed by atoms with Crippen LogP contribution in [0.25, 0.3) is 22.1 Å². The molecule has 10 heteroatoms. The smallest absolute Gasteiger partial charge is 0.164 e. The second kappa shape index (κ2) is 9.30. The van der Waals surface area contributed by atoms with Crippen molar-refractivity contribution in [2.45, 2.75) is 76.0 Å². The van der Waals surface area contributed by atoms with Gasteiger partial charge < -0.3 is 35.1 Å². The van der Waals surface area contributed by atoms with Crippen LogP contribution in [0.2, 0.25) is 0 Å². The Morgan fingerprint density at radius 2 is 1.95 bits per heavy atom. The van der Waals surface area contributed by atoms with E-state index in [0.717, 1.165) is 36.1 Å². The maximum absolute atomic E-state index is 10.8. The fraction of sp³-hybridized carbons (Fsp3) is 0.536. The van der Waals surface area contributed by atoms with Gasteiger partial charge in [0.15, 0.2) is 6.23 Å². The van der Waals surface area contributed by atoms with Gasteiger partial charge in [0.2, 0.25) is 0 Å². The summed E-state index contributed by atoms with van der Waals surface area (Å²) >= 11 is 0. The molecule has 202 valence electrons. The highest BCUT2D eigenvalue weighted by Gasteiger charge is 2.45. The number of likely N-dealkylation sites (N-methyl/N-ethyl adjacent to an activating group) is 1. The number of aromatic amines is 1. The van der Waals surface area contributed by atoms with Gasteiger partial charge >= 0.3 is 0 Å². The van der Waals surface area contributed by atoms with Crippen molar-refractivity contribution in [1.82, 2.24) is 29.4 Å². The summed E-state index contributed by atoms with van der Waals surface area (Å²) in [4.78, 5) is 18.9. The number of aliphatic hydroxyl groups excluding tert-OH is 2. The Balaban J connectivity index is 1.05. The molecule has 0 radical (unpaired) electrons. The van der Waals surface area contributed by atoms with Crippen LogP contribution in [0.3, 0.4) is 0 Å². The number of anilines is 1. The summed E-state index contributed by atoms with van der Waals surface area (Å²) in [6, 6.07) is 8.72. The molecule has 38 heavy (non-hydrogen) atoms. The Hall–Kier alpha value is -3.05. The lowest BCUT2D eigenvalue weighted by atomic mass is 9.77. The van der Waals surface area contributed by atoms with Gasteiger partial charge in [-0.3, -0.25) is 0 Å². The van der Waals surface area contributed by atoms with Crippen LogP contribution in [-0.4, -0.2) is 77.6 Å². The molecule has 1 aromatic carbocycles. The van der Waals surface area contributed by atoms with Crippen molar-refractivity contribution < 1.29 is 14.9 Å². The van der Waals surface area contributed by atoms with Gasteiger partial charge in [0.1, 0.15) is 41.9 Å². The van der Waals surface area contributed by atoms with E-state index in [0.29, 0.717) is 35.4 Å². The zero-order chi connectivity index (χ0) is 26.8. The first kappa shape index (κ1) is 25.2. The number of nitrogens with zero attached hydrogens (tertiary/aromatic N) is 5. The van der Waals surface area contributed by atoms with E-state index in [2.05, 4.69) is 65.9 Å². The Morgan fingerprint density at radius 3 is 2.71 bits per heavy atom. The minimum atomic E-state index is -1.07. The van der Waals surface area contributed by atoms with E-state index in [1.807, 2.05) is 0 Å². The number of rotatable bonds is 6. The summed E-state index contributed by atoms with van der Waals surface area (Å²) in [5.74, 6) is 1.98. The number of aromatic nitrogens is 5. The van der Waals surface area contributed by atoms with E-state index in [1.54, 1.807) is 16.8 Å². The molecule has 5 N–H and O–H groups in total. The fourth-order valence-electron chi connectivity index (χ4n) is 5.86. The molecule has 3 aromatic heterocycles. The Kier molecular flexibility index (Phi) is 6.18. The molecule has 1 aliphatic heterocycles. The lowest BCUT2D eigenvalue weighted by molar-refractivity contribution is -0.0509. The number of hydrogen-bond donors (Lipinski definition) is 4. The molecule has 1 saturated heterocycles. The molecule has 0 spiro atoms. The van der Waals surface area contributed by atoms with Crippen LogP contribution in [0, 0.1) is 5.92 Å². The SMILES string of the molecule is CN(CC1O[C@@H](n2ccc3c(N)ncnc32)[C@H](O)[C@@H]1O)C1CC(Cc2nc3cc(C(C)(C)C)ccc3[nH]2)C1. The molecule has 2 fully saturated rings. The van der Waals surface area contributed by atoms with Crippen molar-refractivity contribution in [2.75, 3.05) is 19.3 Å². The van der Waals surface area contributed by atoms with Crippen molar-refractivity contribution in [1.29, 1.82) is 0 Å². The van der Waals surface area contributed by atoms with Crippen LogP contribution in [0.15, 0.2) is 36.8 Å². The van der Waals surface area contributed by atoms with Crippen molar-refractivity contribution >= 4 is 27.9 Å². The number of hydrogen-bond acceptors (Lipinski definition) is 8. The fourth-order valence-corrected chi connectivity index (χ4v) is 5.86. The average Bonchev–Trinajstić information content (AvgIpc) is 3.52. The Labute approximate surface area is 221 Å². The number of ether oxygens (including phenoxy) is 1. The molecule has 4 aromatic rings. The molecule has 0 bridgehead atoms. The molecule has 6 rings (SSSR count). The molecule has 4 heterocycles. The monoisotopic (exact) mass is 519 g/mol. The summed E-state index contributed by atoms with van der Waals surface area (Å²) in [6.45, 7) is 7.19. The first-order chi connectivity index (χ1) is 18.1. The van der Waals surface area contributed by atoms with Crippen molar-refractivity contribution in [3.8, 4) is 0 Å². The van der Waals surface area contributed by atoms with Gasteiger partial charge in [0.25, 0.3) is 0 Å². The Bertz CT molecular complexity index is 1450. The van der Waals surface area contributed by atoms with Crippen LogP contribution in [0.5, 0.6) is 0 Å². The standard InChI is InChI=1S/C28H37N7O3/c1-28(2,3)16-5-6-19-20(12-16)33-22(32-19)11-15-9-17(10-15)34(4)13-21-23(36)24(37)27(38-21)35-8-7-18-25(29)30-14-31-26(18)35/h5-8,12,14-15,17,21,23-24,27,36-37H,9-11,13H2,1-4H3,(H,32,33)(H2,29,30,31)/t15?,17?,21?,23-,24-,27-/m1/s1. The van der Waals surface area contributed by atoms with E-state index < -0.39 is 24.5 Å². The summed E-state index contributed by atoms with van der Waals surface area (Å²) in [5.41, 5.74) is 10.0. The molecule has 4 atom stereocenters. The molecule has 10 nitrogen and oxygen atoms in total. The Morgan fingerprint density at radius 1 is 1.16 bits per heavy atom. The summed E-state index contributed by atoms with van der Waals surface area (Å²) in [5, 5.41) is 22.2. The van der Waals surface area contributed by atoms with Gasteiger partial charge in [-0.25, -0.2) is 15.0 Å². The molecular weight excluding hydrogens is 482 g/mol. The predicted octanol–water partition coefficient (Wildman–Crippen LogP) is 2.76. The third-order valence-corrected chi connectivity index (χ3v) is 8.33. The van der Waals surface area contributed by atoms with Gasteiger partial charge in [-0.1, -0.05) is 26.8 Å².